The molecule has 4 nitrogen and oxygen atoms in total. The summed E-state index contributed by atoms with van der Waals surface area (Å²) < 4.78 is 0. The van der Waals surface area contributed by atoms with Gasteiger partial charge < -0.3 is 4.90 Å². The Morgan fingerprint density at radius 2 is 2.21 bits per heavy atom. The van der Waals surface area contributed by atoms with E-state index in [1.807, 2.05) is 4.90 Å². The number of hydrogen-bond acceptors (Lipinski definition) is 3. The van der Waals surface area contributed by atoms with Crippen LogP contribution in [0.3, 0.4) is 0 Å². The number of rotatable bonds is 4. The third-order valence-electron chi connectivity index (χ3n) is 2.98. The van der Waals surface area contributed by atoms with Crippen molar-refractivity contribution >= 4 is 5.91 Å². The summed E-state index contributed by atoms with van der Waals surface area (Å²) in [6.45, 7) is 5.56. The van der Waals surface area contributed by atoms with E-state index < -0.39 is 0 Å². The molecule has 0 spiro atoms. The topological polar surface area (TPSA) is 55.6 Å². The van der Waals surface area contributed by atoms with Gasteiger partial charge in [0, 0.05) is 19.0 Å². The second-order valence-corrected chi connectivity index (χ2v) is 3.84. The molecule has 0 saturated carbocycles. The zero-order valence-electron chi connectivity index (χ0n) is 9.03. The first kappa shape index (κ1) is 11.5. The summed E-state index contributed by atoms with van der Waals surface area (Å²) in [7, 11) is 0. The van der Waals surface area contributed by atoms with Crippen molar-refractivity contribution in [3.8, 4) is 0 Å². The van der Waals surface area contributed by atoms with Crippen LogP contribution in [0.25, 0.3) is 0 Å². The molecule has 1 heterocycles. The predicted molar refractivity (Wildman–Crippen MR) is 54.3 cm³/mol. The Labute approximate surface area is 85.3 Å². The second kappa shape index (κ2) is 5.32. The van der Waals surface area contributed by atoms with Gasteiger partial charge in [-0.1, -0.05) is 13.8 Å². The molecule has 82 valence electrons. The molecule has 1 atom stereocenters. The first-order chi connectivity index (χ1) is 6.72. The molecular weight excluding hydrogens is 180 g/mol. The molecule has 0 aromatic rings. The van der Waals surface area contributed by atoms with E-state index in [1.54, 1.807) is 0 Å². The normalized spacial score (nSPS) is 22.0. The summed E-state index contributed by atoms with van der Waals surface area (Å²) in [5.41, 5.74) is 0. The molecule has 1 saturated heterocycles. The summed E-state index contributed by atoms with van der Waals surface area (Å²) in [6, 6.07) is 0. The van der Waals surface area contributed by atoms with Gasteiger partial charge in [-0.3, -0.25) is 9.63 Å². The van der Waals surface area contributed by atoms with Gasteiger partial charge in [-0.05, 0) is 19.3 Å². The van der Waals surface area contributed by atoms with E-state index in [0.717, 1.165) is 25.8 Å². The van der Waals surface area contributed by atoms with Gasteiger partial charge in [0.2, 0.25) is 5.91 Å². The summed E-state index contributed by atoms with van der Waals surface area (Å²) >= 11 is 0. The Bertz CT molecular complexity index is 193. The van der Waals surface area contributed by atoms with E-state index >= 15 is 0 Å². The van der Waals surface area contributed by atoms with Crippen LogP contribution in [0.2, 0.25) is 0 Å². The number of nitrogens with two attached hydrogens (primary N) is 1. The molecule has 14 heavy (non-hydrogen) atoms. The maximum Gasteiger partial charge on any atom is 0.225 e. The molecule has 0 radical (unpaired) electrons. The van der Waals surface area contributed by atoms with Gasteiger partial charge in [-0.2, -0.15) is 0 Å². The van der Waals surface area contributed by atoms with Crippen LogP contribution in [-0.4, -0.2) is 30.0 Å². The smallest absolute Gasteiger partial charge is 0.225 e. The first-order valence-electron chi connectivity index (χ1n) is 5.37. The SMILES string of the molecule is CCC(CC)C(=O)N1CCC(ON)C1. The van der Waals surface area contributed by atoms with Crippen molar-refractivity contribution in [2.45, 2.75) is 39.2 Å². The van der Waals surface area contributed by atoms with Crippen LogP contribution in [0.5, 0.6) is 0 Å². The number of amides is 1. The number of nitrogens with zero attached hydrogens (tertiary/aromatic N) is 1. The number of hydrogen-bond donors (Lipinski definition) is 1. The van der Waals surface area contributed by atoms with Crippen molar-refractivity contribution in [3.63, 3.8) is 0 Å². The van der Waals surface area contributed by atoms with Crippen LogP contribution < -0.4 is 5.90 Å². The molecule has 1 aliphatic heterocycles. The third-order valence-corrected chi connectivity index (χ3v) is 2.98. The summed E-state index contributed by atoms with van der Waals surface area (Å²) in [6.07, 6.45) is 2.73. The van der Waals surface area contributed by atoms with Gasteiger partial charge in [-0.25, -0.2) is 5.90 Å². The van der Waals surface area contributed by atoms with Crippen molar-refractivity contribution in [2.24, 2.45) is 11.8 Å². The molecule has 1 fully saturated rings. The highest BCUT2D eigenvalue weighted by molar-refractivity contribution is 5.79. The third kappa shape index (κ3) is 2.45. The van der Waals surface area contributed by atoms with Crippen molar-refractivity contribution in [1.82, 2.24) is 4.90 Å². The molecule has 0 aromatic heterocycles. The molecule has 1 amide bonds. The molecule has 2 N–H and O–H groups in total. The van der Waals surface area contributed by atoms with Crippen molar-refractivity contribution < 1.29 is 9.63 Å². The molecule has 1 aliphatic rings. The maximum atomic E-state index is 11.9. The lowest BCUT2D eigenvalue weighted by atomic mass is 10.0. The van der Waals surface area contributed by atoms with Crippen molar-refractivity contribution in [1.29, 1.82) is 0 Å². The summed E-state index contributed by atoms with van der Waals surface area (Å²) in [5, 5.41) is 0. The lowest BCUT2D eigenvalue weighted by Gasteiger charge is -2.21. The molecule has 1 rings (SSSR count). The minimum Gasteiger partial charge on any atom is -0.340 e. The van der Waals surface area contributed by atoms with Crippen molar-refractivity contribution in [2.75, 3.05) is 13.1 Å². The van der Waals surface area contributed by atoms with Crippen LogP contribution in [0.1, 0.15) is 33.1 Å². The fraction of sp³-hybridized carbons (Fsp3) is 0.900. The number of carbonyl (C=O) groups is 1. The molecule has 0 bridgehead atoms. The average Bonchev–Trinajstić information content (AvgIpc) is 2.67. The monoisotopic (exact) mass is 200 g/mol. The molecule has 1 unspecified atom stereocenters. The van der Waals surface area contributed by atoms with E-state index in [9.17, 15) is 4.79 Å². The van der Waals surface area contributed by atoms with Crippen LogP contribution >= 0.6 is 0 Å². The van der Waals surface area contributed by atoms with Crippen molar-refractivity contribution in [3.05, 3.63) is 0 Å². The first-order valence-corrected chi connectivity index (χ1v) is 5.37. The van der Waals surface area contributed by atoms with Crippen LogP contribution in [-0.2, 0) is 9.63 Å². The molecular formula is C10H20N2O2. The minimum atomic E-state index is 0.0355. The number of likely N-dealkylation sites (tertiary alicyclic amines) is 1. The average molecular weight is 200 g/mol. The van der Waals surface area contributed by atoms with Crippen LogP contribution in [0.15, 0.2) is 0 Å². The number of carbonyl (C=O) groups excluding carboxylic acids is 1. The van der Waals surface area contributed by atoms with Gasteiger partial charge in [0.25, 0.3) is 0 Å². The Kier molecular flexibility index (Phi) is 4.35. The van der Waals surface area contributed by atoms with E-state index in [4.69, 9.17) is 10.7 Å². The highest BCUT2D eigenvalue weighted by Gasteiger charge is 2.29. The zero-order chi connectivity index (χ0) is 10.6. The highest BCUT2D eigenvalue weighted by Crippen LogP contribution is 2.17. The van der Waals surface area contributed by atoms with E-state index in [0.29, 0.717) is 6.54 Å². The standard InChI is InChI=1S/C10H20N2O2/c1-3-8(4-2)10(13)12-6-5-9(7-12)14-11/h8-9H,3-7,11H2,1-2H3. The van der Waals surface area contributed by atoms with E-state index in [2.05, 4.69) is 13.8 Å². The zero-order valence-corrected chi connectivity index (χ0v) is 9.03. The lowest BCUT2D eigenvalue weighted by molar-refractivity contribution is -0.135. The Morgan fingerprint density at radius 3 is 2.64 bits per heavy atom. The largest absolute Gasteiger partial charge is 0.340 e. The Balaban J connectivity index is 2.45. The fourth-order valence-corrected chi connectivity index (χ4v) is 1.94. The Hall–Kier alpha value is -0.610. The van der Waals surface area contributed by atoms with Gasteiger partial charge in [0.05, 0.1) is 6.10 Å². The predicted octanol–water partition coefficient (Wildman–Crippen LogP) is 0.914. The van der Waals surface area contributed by atoms with E-state index in [-0.39, 0.29) is 17.9 Å². The fourth-order valence-electron chi connectivity index (χ4n) is 1.94. The van der Waals surface area contributed by atoms with Crippen LogP contribution in [0.4, 0.5) is 0 Å². The Morgan fingerprint density at radius 1 is 1.57 bits per heavy atom. The quantitative estimate of drug-likeness (QED) is 0.686. The molecule has 0 aliphatic carbocycles. The molecule has 0 aromatic carbocycles. The summed E-state index contributed by atoms with van der Waals surface area (Å²) in [4.78, 5) is 18.5. The molecule has 4 heteroatoms. The van der Waals surface area contributed by atoms with Gasteiger partial charge in [0.1, 0.15) is 0 Å². The summed E-state index contributed by atoms with van der Waals surface area (Å²) in [5.74, 6) is 5.53. The minimum absolute atomic E-state index is 0.0355. The van der Waals surface area contributed by atoms with Gasteiger partial charge in [0.15, 0.2) is 0 Å². The van der Waals surface area contributed by atoms with E-state index in [1.165, 1.54) is 0 Å². The highest BCUT2D eigenvalue weighted by atomic mass is 16.6. The lowest BCUT2D eigenvalue weighted by Crippen LogP contribution is -2.35. The maximum absolute atomic E-state index is 11.9. The second-order valence-electron chi connectivity index (χ2n) is 3.84. The van der Waals surface area contributed by atoms with Crippen LogP contribution in [0, 0.1) is 5.92 Å². The van der Waals surface area contributed by atoms with Gasteiger partial charge >= 0.3 is 0 Å². The van der Waals surface area contributed by atoms with Gasteiger partial charge in [-0.15, -0.1) is 0 Å².